The van der Waals surface area contributed by atoms with Crippen molar-refractivity contribution in [3.8, 4) is 6.07 Å². The molecular weight excluding hydrogens is 208 g/mol. The number of pyridine rings is 1. The number of hydrogen-bond acceptors (Lipinski definition) is 4. The fourth-order valence-corrected chi connectivity index (χ4v) is 1.94. The zero-order valence-corrected chi connectivity index (χ0v) is 9.54. The number of aldehydes is 1. The highest BCUT2D eigenvalue weighted by Crippen LogP contribution is 2.21. The molecule has 0 radical (unpaired) electrons. The number of aromatic nitrogens is 1. The molecule has 0 amide bonds. The van der Waals surface area contributed by atoms with Gasteiger partial charge in [0.15, 0.2) is 0 Å². The molecule has 15 heavy (non-hydrogen) atoms. The lowest BCUT2D eigenvalue weighted by atomic mass is 10.1. The van der Waals surface area contributed by atoms with Crippen molar-refractivity contribution in [2.24, 2.45) is 0 Å². The first-order valence-electron chi connectivity index (χ1n) is 4.65. The Kier molecular flexibility index (Phi) is 4.32. The van der Waals surface area contributed by atoms with E-state index in [9.17, 15) is 4.79 Å². The van der Waals surface area contributed by atoms with Gasteiger partial charge in [0.1, 0.15) is 12.2 Å². The van der Waals surface area contributed by atoms with Gasteiger partial charge in [0, 0.05) is 0 Å². The van der Waals surface area contributed by atoms with Crippen molar-refractivity contribution in [1.29, 1.82) is 5.26 Å². The number of thioether (sulfide) groups is 1. The molecule has 1 aromatic heterocycles. The second kappa shape index (κ2) is 5.52. The second-order valence-corrected chi connectivity index (χ2v) is 3.80. The molecule has 0 saturated carbocycles. The van der Waals surface area contributed by atoms with Gasteiger partial charge >= 0.3 is 0 Å². The van der Waals surface area contributed by atoms with Crippen LogP contribution < -0.4 is 0 Å². The molecule has 0 aliphatic carbocycles. The van der Waals surface area contributed by atoms with Crippen molar-refractivity contribution < 1.29 is 4.79 Å². The first-order chi connectivity index (χ1) is 7.26. The Hall–Kier alpha value is -1.34. The minimum Gasteiger partial charge on any atom is -0.301 e. The van der Waals surface area contributed by atoms with E-state index >= 15 is 0 Å². The van der Waals surface area contributed by atoms with E-state index in [-0.39, 0.29) is 0 Å². The summed E-state index contributed by atoms with van der Waals surface area (Å²) >= 11 is 1.54. The molecule has 0 aliphatic heterocycles. The summed E-state index contributed by atoms with van der Waals surface area (Å²) in [4.78, 5) is 14.9. The van der Waals surface area contributed by atoms with Crippen molar-refractivity contribution in [2.75, 3.05) is 6.26 Å². The van der Waals surface area contributed by atoms with E-state index in [4.69, 9.17) is 5.26 Å². The molecule has 1 unspecified atom stereocenters. The standard InChI is InChI=1S/C11H12N2OS/c1-3-8-4-5-10(9(6-12)7-14)13-11(8)15-2/h4-5,7,9H,3H2,1-2H3. The average molecular weight is 220 g/mol. The zero-order valence-electron chi connectivity index (χ0n) is 8.73. The van der Waals surface area contributed by atoms with Gasteiger partial charge in [-0.2, -0.15) is 5.26 Å². The van der Waals surface area contributed by atoms with Crippen LogP contribution in [0.4, 0.5) is 0 Å². The summed E-state index contributed by atoms with van der Waals surface area (Å²) in [6, 6.07) is 5.60. The number of rotatable bonds is 4. The molecule has 1 rings (SSSR count). The number of nitrogens with zero attached hydrogens (tertiary/aromatic N) is 2. The topological polar surface area (TPSA) is 53.8 Å². The molecule has 1 heterocycles. The van der Waals surface area contributed by atoms with Crippen molar-refractivity contribution in [1.82, 2.24) is 4.98 Å². The Bertz CT molecular complexity index is 398. The first-order valence-corrected chi connectivity index (χ1v) is 5.88. The minimum absolute atomic E-state index is 0.536. The van der Waals surface area contributed by atoms with Gasteiger partial charge in [0.05, 0.1) is 16.8 Å². The van der Waals surface area contributed by atoms with E-state index in [1.165, 1.54) is 11.8 Å². The number of hydrogen-bond donors (Lipinski definition) is 0. The summed E-state index contributed by atoms with van der Waals surface area (Å²) in [5.41, 5.74) is 1.68. The molecule has 0 saturated heterocycles. The Morgan fingerprint density at radius 3 is 2.87 bits per heavy atom. The maximum Gasteiger partial charge on any atom is 0.144 e. The van der Waals surface area contributed by atoms with Crippen molar-refractivity contribution in [3.05, 3.63) is 23.4 Å². The quantitative estimate of drug-likeness (QED) is 0.576. The Labute approximate surface area is 93.5 Å². The van der Waals surface area contributed by atoms with Crippen LogP contribution in [0.15, 0.2) is 17.2 Å². The highest BCUT2D eigenvalue weighted by Gasteiger charge is 2.12. The summed E-state index contributed by atoms with van der Waals surface area (Å²) in [7, 11) is 0. The maximum absolute atomic E-state index is 10.6. The highest BCUT2D eigenvalue weighted by atomic mass is 32.2. The molecule has 1 atom stereocenters. The number of carbonyl (C=O) groups excluding carboxylic acids is 1. The molecule has 0 bridgehead atoms. The molecule has 1 aromatic rings. The van der Waals surface area contributed by atoms with Gasteiger partial charge in [0.25, 0.3) is 0 Å². The van der Waals surface area contributed by atoms with Crippen LogP contribution in [0.25, 0.3) is 0 Å². The van der Waals surface area contributed by atoms with Gasteiger partial charge < -0.3 is 4.79 Å². The predicted octanol–water partition coefficient (Wildman–Crippen LogP) is 2.17. The van der Waals surface area contributed by atoms with E-state index in [1.54, 1.807) is 6.07 Å². The third-order valence-corrected chi connectivity index (χ3v) is 2.87. The number of aryl methyl sites for hydroxylation is 1. The van der Waals surface area contributed by atoms with Crippen LogP contribution in [-0.2, 0) is 11.2 Å². The minimum atomic E-state index is -0.748. The summed E-state index contributed by atoms with van der Waals surface area (Å²) in [6.45, 7) is 2.05. The van der Waals surface area contributed by atoms with E-state index in [2.05, 4.69) is 11.9 Å². The fourth-order valence-electron chi connectivity index (χ4n) is 1.27. The van der Waals surface area contributed by atoms with E-state index in [0.29, 0.717) is 12.0 Å². The second-order valence-electron chi connectivity index (χ2n) is 3.00. The number of carbonyl (C=O) groups is 1. The molecule has 0 aromatic carbocycles. The van der Waals surface area contributed by atoms with Crippen molar-refractivity contribution in [2.45, 2.75) is 24.3 Å². The highest BCUT2D eigenvalue weighted by molar-refractivity contribution is 7.98. The molecular formula is C11H12N2OS. The normalized spacial score (nSPS) is 11.8. The monoisotopic (exact) mass is 220 g/mol. The summed E-state index contributed by atoms with van der Waals surface area (Å²) < 4.78 is 0. The fraction of sp³-hybridized carbons (Fsp3) is 0.364. The zero-order chi connectivity index (χ0) is 11.3. The summed E-state index contributed by atoms with van der Waals surface area (Å²) in [6.07, 6.45) is 3.47. The molecule has 4 heteroatoms. The van der Waals surface area contributed by atoms with Crippen LogP contribution in [0, 0.1) is 11.3 Å². The van der Waals surface area contributed by atoms with E-state index in [1.807, 2.05) is 18.4 Å². The Morgan fingerprint density at radius 1 is 1.67 bits per heavy atom. The van der Waals surface area contributed by atoms with Crippen molar-refractivity contribution >= 4 is 18.0 Å². The van der Waals surface area contributed by atoms with Crippen LogP contribution in [0.2, 0.25) is 0 Å². The number of nitriles is 1. The first kappa shape index (κ1) is 11.7. The largest absolute Gasteiger partial charge is 0.301 e. The van der Waals surface area contributed by atoms with E-state index < -0.39 is 5.92 Å². The third-order valence-electron chi connectivity index (χ3n) is 2.13. The molecule has 0 N–H and O–H groups in total. The SMILES string of the molecule is CCc1ccc(C(C#N)C=O)nc1SC. The molecule has 0 spiro atoms. The summed E-state index contributed by atoms with van der Waals surface area (Å²) in [5.74, 6) is -0.748. The van der Waals surface area contributed by atoms with Crippen LogP contribution in [-0.4, -0.2) is 17.5 Å². The average Bonchev–Trinajstić information content (AvgIpc) is 2.30. The Morgan fingerprint density at radius 2 is 2.40 bits per heavy atom. The third kappa shape index (κ3) is 2.57. The molecule has 0 fully saturated rings. The van der Waals surface area contributed by atoms with Gasteiger partial charge in [0.2, 0.25) is 0 Å². The van der Waals surface area contributed by atoms with Gasteiger partial charge in [-0.1, -0.05) is 13.0 Å². The van der Waals surface area contributed by atoms with Gasteiger partial charge in [-0.25, -0.2) is 4.98 Å². The van der Waals surface area contributed by atoms with Crippen LogP contribution in [0.3, 0.4) is 0 Å². The van der Waals surface area contributed by atoms with Crippen molar-refractivity contribution in [3.63, 3.8) is 0 Å². The lowest BCUT2D eigenvalue weighted by molar-refractivity contribution is -0.108. The lowest BCUT2D eigenvalue weighted by Crippen LogP contribution is -2.02. The maximum atomic E-state index is 10.6. The van der Waals surface area contributed by atoms with Crippen LogP contribution in [0.5, 0.6) is 0 Å². The lowest BCUT2D eigenvalue weighted by Gasteiger charge is -2.07. The molecule has 0 aliphatic rings. The smallest absolute Gasteiger partial charge is 0.144 e. The van der Waals surface area contributed by atoms with Gasteiger partial charge in [-0.3, -0.25) is 0 Å². The summed E-state index contributed by atoms with van der Waals surface area (Å²) in [5, 5.41) is 9.64. The molecule has 3 nitrogen and oxygen atoms in total. The van der Waals surface area contributed by atoms with E-state index in [0.717, 1.165) is 17.0 Å². The van der Waals surface area contributed by atoms with Gasteiger partial charge in [-0.15, -0.1) is 11.8 Å². The van der Waals surface area contributed by atoms with Crippen LogP contribution in [0.1, 0.15) is 24.1 Å². The van der Waals surface area contributed by atoms with Gasteiger partial charge in [-0.05, 0) is 24.3 Å². The molecule has 78 valence electrons. The Balaban J connectivity index is 3.13. The predicted molar refractivity (Wildman–Crippen MR) is 59.8 cm³/mol. The van der Waals surface area contributed by atoms with Crippen LogP contribution >= 0.6 is 11.8 Å².